The van der Waals surface area contributed by atoms with Crippen molar-refractivity contribution in [2.24, 2.45) is 5.92 Å². The van der Waals surface area contributed by atoms with Gasteiger partial charge in [0.1, 0.15) is 16.5 Å². The summed E-state index contributed by atoms with van der Waals surface area (Å²) in [7, 11) is 2.87. The number of carbonyl (C=O) groups excluding carboxylic acids is 2. The van der Waals surface area contributed by atoms with Gasteiger partial charge in [-0.3, -0.25) is 19.1 Å². The Hall–Kier alpha value is -3.08. The lowest BCUT2D eigenvalue weighted by Gasteiger charge is -2.21. The summed E-state index contributed by atoms with van der Waals surface area (Å²) >= 11 is 1.39. The summed E-state index contributed by atoms with van der Waals surface area (Å²) in [6.45, 7) is 4.32. The van der Waals surface area contributed by atoms with Crippen LogP contribution in [-0.2, 0) is 28.9 Å². The number of hydrogen-bond acceptors (Lipinski definition) is 8. The van der Waals surface area contributed by atoms with Crippen molar-refractivity contribution >= 4 is 39.7 Å². The molecule has 3 rings (SSSR count). The van der Waals surface area contributed by atoms with Crippen LogP contribution >= 0.6 is 11.3 Å². The molecule has 0 aromatic carbocycles. The molecule has 0 saturated carbocycles. The van der Waals surface area contributed by atoms with E-state index in [4.69, 9.17) is 10.5 Å². The topological polar surface area (TPSA) is 140 Å². The van der Waals surface area contributed by atoms with Gasteiger partial charge in [0.25, 0.3) is 5.56 Å². The summed E-state index contributed by atoms with van der Waals surface area (Å²) in [5.74, 6) is -0.369. The molecule has 2 heterocycles. The molecule has 1 aliphatic rings. The van der Waals surface area contributed by atoms with Crippen molar-refractivity contribution in [1.29, 1.82) is 0 Å². The van der Waals surface area contributed by atoms with Crippen molar-refractivity contribution in [2.75, 3.05) is 36.7 Å². The zero-order chi connectivity index (χ0) is 24.3. The number of fused-ring (bicyclic) bond motifs is 1. The first kappa shape index (κ1) is 24.6. The third-order valence-corrected chi connectivity index (χ3v) is 7.04. The molecule has 11 heteroatoms. The molecule has 1 amide bonds. The molecule has 1 unspecified atom stereocenters. The maximum absolute atomic E-state index is 12.9. The molecule has 10 nitrogen and oxygen atoms in total. The van der Waals surface area contributed by atoms with Crippen LogP contribution in [0.4, 0.5) is 16.5 Å². The lowest BCUT2D eigenvalue weighted by atomic mass is 9.88. The Labute approximate surface area is 195 Å². The van der Waals surface area contributed by atoms with E-state index < -0.39 is 23.1 Å². The van der Waals surface area contributed by atoms with Crippen LogP contribution in [0, 0.1) is 5.92 Å². The van der Waals surface area contributed by atoms with E-state index in [1.165, 1.54) is 27.9 Å². The number of H-pyrrole nitrogens is 1. The lowest BCUT2D eigenvalue weighted by Crippen LogP contribution is -2.39. The fraction of sp³-hybridized carbons (Fsp3) is 0.545. The van der Waals surface area contributed by atoms with Crippen LogP contribution in [0.3, 0.4) is 0 Å². The maximum Gasteiger partial charge on any atom is 0.341 e. The Balaban J connectivity index is 1.84. The van der Waals surface area contributed by atoms with Gasteiger partial charge in [-0.1, -0.05) is 20.3 Å². The Kier molecular flexibility index (Phi) is 7.62. The third-order valence-electron chi connectivity index (χ3n) is 5.87. The zero-order valence-electron chi connectivity index (χ0n) is 19.4. The summed E-state index contributed by atoms with van der Waals surface area (Å²) in [5, 5.41) is 3.27. The molecule has 0 spiro atoms. The highest BCUT2D eigenvalue weighted by molar-refractivity contribution is 7.17. The van der Waals surface area contributed by atoms with E-state index in [9.17, 15) is 19.2 Å². The Bertz CT molecular complexity index is 1170. The monoisotopic (exact) mass is 477 g/mol. The first-order valence-electron chi connectivity index (χ1n) is 11.0. The largest absolute Gasteiger partial charge is 0.465 e. The number of hydrogen-bond donors (Lipinski definition) is 3. The van der Waals surface area contributed by atoms with Crippen LogP contribution in [0.5, 0.6) is 0 Å². The molecular formula is C22H31N5O5S. The number of methoxy groups -OCH3 is 1. The van der Waals surface area contributed by atoms with Gasteiger partial charge in [0.05, 0.1) is 19.2 Å². The van der Waals surface area contributed by atoms with Crippen molar-refractivity contribution in [3.63, 3.8) is 0 Å². The van der Waals surface area contributed by atoms with Gasteiger partial charge in [-0.05, 0) is 37.2 Å². The summed E-state index contributed by atoms with van der Waals surface area (Å²) < 4.78 is 6.26. The van der Waals surface area contributed by atoms with Crippen LogP contribution in [0.1, 0.15) is 53.9 Å². The maximum atomic E-state index is 12.9. The average Bonchev–Trinajstić information content (AvgIpc) is 3.09. The lowest BCUT2D eigenvalue weighted by molar-refractivity contribution is -0.114. The number of ether oxygens (including phenoxy) is 1. The number of aromatic nitrogens is 2. The quantitative estimate of drug-likeness (QED) is 0.494. The molecule has 4 N–H and O–H groups in total. The minimum absolute atomic E-state index is 0.0170. The Morgan fingerprint density at radius 1 is 1.36 bits per heavy atom. The van der Waals surface area contributed by atoms with Crippen molar-refractivity contribution < 1.29 is 14.3 Å². The highest BCUT2D eigenvalue weighted by atomic mass is 32.1. The van der Waals surface area contributed by atoms with E-state index in [-0.39, 0.29) is 18.1 Å². The molecule has 0 bridgehead atoms. The number of amides is 1. The molecular weight excluding hydrogens is 446 g/mol. The minimum atomic E-state index is -0.656. The minimum Gasteiger partial charge on any atom is -0.465 e. The van der Waals surface area contributed by atoms with Gasteiger partial charge in [0.15, 0.2) is 0 Å². The number of carbonyl (C=O) groups is 2. The predicted octanol–water partition coefficient (Wildman–Crippen LogP) is 1.97. The molecule has 0 fully saturated rings. The highest BCUT2D eigenvalue weighted by Crippen LogP contribution is 2.40. The van der Waals surface area contributed by atoms with Gasteiger partial charge in [-0.2, -0.15) is 0 Å². The van der Waals surface area contributed by atoms with E-state index in [0.717, 1.165) is 42.5 Å². The van der Waals surface area contributed by atoms with Gasteiger partial charge in [0, 0.05) is 18.5 Å². The fourth-order valence-corrected chi connectivity index (χ4v) is 5.52. The number of unbranched alkanes of at least 4 members (excludes halogenated alkanes) is 1. The summed E-state index contributed by atoms with van der Waals surface area (Å²) in [5.41, 5.74) is 6.29. The second-order valence-electron chi connectivity index (χ2n) is 8.45. The number of esters is 1. The Morgan fingerprint density at radius 2 is 2.09 bits per heavy atom. The molecule has 33 heavy (non-hydrogen) atoms. The number of anilines is 3. The van der Waals surface area contributed by atoms with Gasteiger partial charge in [-0.25, -0.2) is 9.59 Å². The van der Waals surface area contributed by atoms with Gasteiger partial charge in [-0.15, -0.1) is 11.3 Å². The molecule has 1 aliphatic carbocycles. The first-order valence-corrected chi connectivity index (χ1v) is 11.9. The molecule has 1 atom stereocenters. The van der Waals surface area contributed by atoms with Crippen molar-refractivity contribution in [1.82, 2.24) is 9.55 Å². The SMILES string of the molecule is CCCCn1c(N)c(N(C)CC(=O)Nc2sc3c(c2C(=O)OC)CCC(C)C3)c(=O)[nH]c1=O. The number of thiophene rings is 1. The van der Waals surface area contributed by atoms with Crippen LogP contribution in [0.15, 0.2) is 9.59 Å². The van der Waals surface area contributed by atoms with Crippen LogP contribution in [-0.4, -0.2) is 42.1 Å². The zero-order valence-corrected chi connectivity index (χ0v) is 20.3. The fourth-order valence-electron chi connectivity index (χ4n) is 4.10. The van der Waals surface area contributed by atoms with Gasteiger partial charge in [0.2, 0.25) is 5.91 Å². The van der Waals surface area contributed by atoms with Gasteiger partial charge >= 0.3 is 11.7 Å². The molecule has 2 aromatic heterocycles. The predicted molar refractivity (Wildman–Crippen MR) is 129 cm³/mol. The van der Waals surface area contributed by atoms with Crippen molar-refractivity contribution in [2.45, 2.75) is 52.5 Å². The van der Waals surface area contributed by atoms with Crippen LogP contribution in [0.25, 0.3) is 0 Å². The molecule has 0 saturated heterocycles. The van der Waals surface area contributed by atoms with E-state index in [1.54, 1.807) is 7.05 Å². The second-order valence-corrected chi connectivity index (χ2v) is 9.56. The van der Waals surface area contributed by atoms with E-state index >= 15 is 0 Å². The molecule has 0 aliphatic heterocycles. The van der Waals surface area contributed by atoms with Crippen molar-refractivity contribution in [3.8, 4) is 0 Å². The van der Waals surface area contributed by atoms with E-state index in [1.807, 2.05) is 6.92 Å². The number of nitrogen functional groups attached to an aromatic ring is 1. The average molecular weight is 478 g/mol. The standard InChI is InChI=1S/C22H31N5O5S/c1-5-6-9-27-18(23)17(19(29)25-22(27)31)26(3)11-15(28)24-20-16(21(30)32-4)13-8-7-12(2)10-14(13)33-20/h12H,5-11,23H2,1-4H3,(H,24,28)(H,25,29,31). The summed E-state index contributed by atoms with van der Waals surface area (Å²) in [6, 6.07) is 0. The van der Waals surface area contributed by atoms with Crippen LogP contribution < -0.4 is 27.2 Å². The van der Waals surface area contributed by atoms with Gasteiger partial charge < -0.3 is 20.7 Å². The number of likely N-dealkylation sites (N-methyl/N-ethyl adjacent to an activating group) is 1. The Morgan fingerprint density at radius 3 is 2.76 bits per heavy atom. The van der Waals surface area contributed by atoms with E-state index in [2.05, 4.69) is 17.2 Å². The number of aromatic amines is 1. The normalized spacial score (nSPS) is 15.1. The van der Waals surface area contributed by atoms with Crippen molar-refractivity contribution in [3.05, 3.63) is 36.8 Å². The van der Waals surface area contributed by atoms with Crippen LogP contribution in [0.2, 0.25) is 0 Å². The molecule has 2 aromatic rings. The van der Waals surface area contributed by atoms with E-state index in [0.29, 0.717) is 23.0 Å². The number of nitrogens with one attached hydrogen (secondary N) is 2. The first-order chi connectivity index (χ1) is 15.7. The number of rotatable bonds is 8. The smallest absolute Gasteiger partial charge is 0.341 e. The number of nitrogens with zero attached hydrogens (tertiary/aromatic N) is 2. The molecule has 180 valence electrons. The number of nitrogens with two attached hydrogens (primary N) is 1. The molecule has 0 radical (unpaired) electrons. The summed E-state index contributed by atoms with van der Waals surface area (Å²) in [6.07, 6.45) is 4.16. The highest BCUT2D eigenvalue weighted by Gasteiger charge is 2.29. The second kappa shape index (κ2) is 10.2. The third kappa shape index (κ3) is 5.13. The summed E-state index contributed by atoms with van der Waals surface area (Å²) in [4.78, 5) is 54.6.